The fourth-order valence-electron chi connectivity index (χ4n) is 2.49. The molecular weight excluding hydrogens is 290 g/mol. The smallest absolute Gasteiger partial charge is 0.256 e. The highest BCUT2D eigenvalue weighted by molar-refractivity contribution is 6.03. The lowest BCUT2D eigenvalue weighted by atomic mass is 10.1. The molecule has 0 unspecified atom stereocenters. The van der Waals surface area contributed by atoms with Gasteiger partial charge in [0.05, 0.1) is 12.2 Å². The minimum atomic E-state index is -0.168. The van der Waals surface area contributed by atoms with Gasteiger partial charge in [0.2, 0.25) is 0 Å². The van der Waals surface area contributed by atoms with Gasteiger partial charge in [0.1, 0.15) is 0 Å². The first-order valence-corrected chi connectivity index (χ1v) is 7.42. The van der Waals surface area contributed by atoms with Crippen molar-refractivity contribution in [3.05, 3.63) is 65.1 Å². The topological polar surface area (TPSA) is 64.7 Å². The molecule has 0 saturated heterocycles. The van der Waals surface area contributed by atoms with E-state index >= 15 is 0 Å². The van der Waals surface area contributed by atoms with Gasteiger partial charge in [0.15, 0.2) is 5.82 Å². The van der Waals surface area contributed by atoms with Crippen LogP contribution >= 0.6 is 0 Å². The molecule has 1 N–H and O–H groups in total. The van der Waals surface area contributed by atoms with Crippen molar-refractivity contribution in [1.82, 2.24) is 19.6 Å². The van der Waals surface area contributed by atoms with Crippen LogP contribution in [0.1, 0.15) is 27.3 Å². The van der Waals surface area contributed by atoms with E-state index in [9.17, 15) is 4.79 Å². The number of carbonyl (C=O) groups excluding carboxylic acids is 1. The molecule has 0 aliphatic carbocycles. The first-order valence-electron chi connectivity index (χ1n) is 7.42. The summed E-state index contributed by atoms with van der Waals surface area (Å²) in [5.41, 5.74) is 3.73. The Balaban J connectivity index is 1.76. The standard InChI is InChI=1S/C17H19N5O/c1-12-9-13(2)22(19-12)11-14-5-4-6-15(10-14)17(23)18-16-7-8-21(3)20-16/h4-10H,11H2,1-3H3,(H,18,20,23). The van der Waals surface area contributed by atoms with Crippen LogP contribution in [0.5, 0.6) is 0 Å². The largest absolute Gasteiger partial charge is 0.305 e. The van der Waals surface area contributed by atoms with Crippen LogP contribution in [0, 0.1) is 13.8 Å². The number of aryl methyl sites for hydroxylation is 3. The normalized spacial score (nSPS) is 10.7. The first-order chi connectivity index (χ1) is 11.0. The number of anilines is 1. The van der Waals surface area contributed by atoms with Crippen LogP contribution in [0.4, 0.5) is 5.82 Å². The summed E-state index contributed by atoms with van der Waals surface area (Å²) in [6.45, 7) is 4.64. The Kier molecular flexibility index (Phi) is 3.97. The highest BCUT2D eigenvalue weighted by atomic mass is 16.1. The minimum Gasteiger partial charge on any atom is -0.305 e. The second kappa shape index (κ2) is 6.08. The molecule has 0 atom stereocenters. The molecule has 0 saturated carbocycles. The molecule has 0 aliphatic heterocycles. The maximum absolute atomic E-state index is 12.3. The van der Waals surface area contributed by atoms with Crippen molar-refractivity contribution in [2.24, 2.45) is 7.05 Å². The average Bonchev–Trinajstić information content (AvgIpc) is 3.05. The Morgan fingerprint density at radius 3 is 2.65 bits per heavy atom. The average molecular weight is 309 g/mol. The highest BCUT2D eigenvalue weighted by Crippen LogP contribution is 2.11. The molecule has 2 aromatic heterocycles. The van der Waals surface area contributed by atoms with E-state index in [4.69, 9.17) is 0 Å². The predicted molar refractivity (Wildman–Crippen MR) is 88.4 cm³/mol. The number of nitrogens with zero attached hydrogens (tertiary/aromatic N) is 4. The molecule has 0 fully saturated rings. The van der Waals surface area contributed by atoms with Crippen LogP contribution in [-0.2, 0) is 13.6 Å². The summed E-state index contributed by atoms with van der Waals surface area (Å²) >= 11 is 0. The van der Waals surface area contributed by atoms with E-state index in [1.54, 1.807) is 23.0 Å². The number of benzene rings is 1. The Morgan fingerprint density at radius 1 is 1.17 bits per heavy atom. The van der Waals surface area contributed by atoms with Gasteiger partial charge in [-0.1, -0.05) is 12.1 Å². The summed E-state index contributed by atoms with van der Waals surface area (Å²) in [4.78, 5) is 12.3. The molecule has 0 spiro atoms. The number of nitrogens with one attached hydrogen (secondary N) is 1. The van der Waals surface area contributed by atoms with Gasteiger partial charge >= 0.3 is 0 Å². The van der Waals surface area contributed by atoms with Gasteiger partial charge in [-0.05, 0) is 37.6 Å². The Hall–Kier alpha value is -2.89. The molecule has 6 heteroatoms. The SMILES string of the molecule is Cc1cc(C)n(Cc2cccc(C(=O)Nc3ccn(C)n3)c2)n1. The summed E-state index contributed by atoms with van der Waals surface area (Å²) in [7, 11) is 1.81. The van der Waals surface area contributed by atoms with Crippen molar-refractivity contribution in [2.75, 3.05) is 5.32 Å². The minimum absolute atomic E-state index is 0.168. The van der Waals surface area contributed by atoms with Crippen LogP contribution in [0.25, 0.3) is 0 Å². The molecule has 0 aliphatic rings. The van der Waals surface area contributed by atoms with Gasteiger partial charge in [-0.3, -0.25) is 14.2 Å². The molecule has 0 radical (unpaired) electrons. The fourth-order valence-corrected chi connectivity index (χ4v) is 2.49. The van der Waals surface area contributed by atoms with Crippen molar-refractivity contribution < 1.29 is 4.79 Å². The molecule has 0 bridgehead atoms. The second-order valence-electron chi connectivity index (χ2n) is 5.61. The van der Waals surface area contributed by atoms with Gasteiger partial charge in [-0.25, -0.2) is 0 Å². The van der Waals surface area contributed by atoms with Crippen LogP contribution < -0.4 is 5.32 Å². The third kappa shape index (κ3) is 3.48. The molecule has 118 valence electrons. The van der Waals surface area contributed by atoms with Crippen molar-refractivity contribution >= 4 is 11.7 Å². The van der Waals surface area contributed by atoms with E-state index in [2.05, 4.69) is 15.5 Å². The quantitative estimate of drug-likeness (QED) is 0.805. The van der Waals surface area contributed by atoms with Gasteiger partial charge in [0, 0.05) is 30.6 Å². The van der Waals surface area contributed by atoms with Gasteiger partial charge in [0.25, 0.3) is 5.91 Å². The molecular formula is C17H19N5O. The third-order valence-corrected chi connectivity index (χ3v) is 3.58. The lowest BCUT2D eigenvalue weighted by molar-refractivity contribution is 0.102. The lowest BCUT2D eigenvalue weighted by Crippen LogP contribution is -2.13. The fraction of sp³-hybridized carbons (Fsp3) is 0.235. The monoisotopic (exact) mass is 309 g/mol. The Bertz CT molecular complexity index is 846. The molecule has 6 nitrogen and oxygen atoms in total. The molecule has 1 aromatic carbocycles. The van der Waals surface area contributed by atoms with E-state index < -0.39 is 0 Å². The van der Waals surface area contributed by atoms with E-state index in [0.29, 0.717) is 17.9 Å². The van der Waals surface area contributed by atoms with Crippen LogP contribution in [0.3, 0.4) is 0 Å². The van der Waals surface area contributed by atoms with E-state index in [1.165, 1.54) is 0 Å². The van der Waals surface area contributed by atoms with Gasteiger partial charge < -0.3 is 5.32 Å². The number of hydrogen-bond acceptors (Lipinski definition) is 3. The number of amides is 1. The van der Waals surface area contributed by atoms with Gasteiger partial charge in [-0.2, -0.15) is 10.2 Å². The summed E-state index contributed by atoms with van der Waals surface area (Å²) in [5, 5.41) is 11.4. The maximum atomic E-state index is 12.3. The molecule has 3 rings (SSSR count). The number of aromatic nitrogens is 4. The van der Waals surface area contributed by atoms with Crippen LogP contribution in [-0.4, -0.2) is 25.5 Å². The predicted octanol–water partition coefficient (Wildman–Crippen LogP) is 2.53. The Morgan fingerprint density at radius 2 is 2.00 bits per heavy atom. The van der Waals surface area contributed by atoms with Gasteiger partial charge in [-0.15, -0.1) is 0 Å². The summed E-state index contributed by atoms with van der Waals surface area (Å²) in [5.74, 6) is 0.375. The summed E-state index contributed by atoms with van der Waals surface area (Å²) in [6.07, 6.45) is 1.79. The zero-order chi connectivity index (χ0) is 16.4. The van der Waals surface area contributed by atoms with Crippen molar-refractivity contribution in [2.45, 2.75) is 20.4 Å². The molecule has 3 aromatic rings. The van der Waals surface area contributed by atoms with Crippen molar-refractivity contribution in [1.29, 1.82) is 0 Å². The first kappa shape index (κ1) is 15.0. The van der Waals surface area contributed by atoms with E-state index in [-0.39, 0.29) is 5.91 Å². The number of carbonyl (C=O) groups is 1. The maximum Gasteiger partial charge on any atom is 0.256 e. The van der Waals surface area contributed by atoms with Crippen LogP contribution in [0.15, 0.2) is 42.6 Å². The highest BCUT2D eigenvalue weighted by Gasteiger charge is 2.09. The molecule has 2 heterocycles. The summed E-state index contributed by atoms with van der Waals surface area (Å²) in [6, 6.07) is 11.4. The molecule has 1 amide bonds. The van der Waals surface area contributed by atoms with Crippen molar-refractivity contribution in [3.8, 4) is 0 Å². The molecule has 23 heavy (non-hydrogen) atoms. The second-order valence-corrected chi connectivity index (χ2v) is 5.61. The van der Waals surface area contributed by atoms with E-state index in [1.807, 2.05) is 49.8 Å². The van der Waals surface area contributed by atoms with Crippen molar-refractivity contribution in [3.63, 3.8) is 0 Å². The zero-order valence-corrected chi connectivity index (χ0v) is 13.4. The van der Waals surface area contributed by atoms with E-state index in [0.717, 1.165) is 17.0 Å². The Labute approximate surface area is 134 Å². The third-order valence-electron chi connectivity index (χ3n) is 3.58. The zero-order valence-electron chi connectivity index (χ0n) is 13.4. The number of rotatable bonds is 4. The lowest BCUT2D eigenvalue weighted by Gasteiger charge is -2.07. The van der Waals surface area contributed by atoms with Crippen LogP contribution in [0.2, 0.25) is 0 Å². The summed E-state index contributed by atoms with van der Waals surface area (Å²) < 4.78 is 3.58. The number of hydrogen-bond donors (Lipinski definition) is 1.